The third-order valence-corrected chi connectivity index (χ3v) is 4.60. The minimum atomic E-state index is -0.399. The number of hydrogen-bond donors (Lipinski definition) is 2. The van der Waals surface area contributed by atoms with Crippen LogP contribution in [0.5, 0.6) is 11.6 Å². The second kappa shape index (κ2) is 6.89. The van der Waals surface area contributed by atoms with Gasteiger partial charge in [0.1, 0.15) is 24.0 Å². The zero-order valence-electron chi connectivity index (χ0n) is 14.8. The standard InChI is InChI=1S/C21H18N4O2/c1-13-18-19(16(11-22)20(23)27-21(18)25-24-13)15-9-5-6-10-17(15)26-12-14-7-3-2-4-8-14/h2-10,19H,12,23H2,1H3,(H,24,25)/t19-/m0/s1. The number of allylic oxidation sites excluding steroid dienone is 1. The fraction of sp³-hybridized carbons (Fsp3) is 0.143. The summed E-state index contributed by atoms with van der Waals surface area (Å²) in [5.74, 6) is 0.760. The smallest absolute Gasteiger partial charge is 0.244 e. The number of benzene rings is 2. The summed E-state index contributed by atoms with van der Waals surface area (Å²) < 4.78 is 11.6. The third kappa shape index (κ3) is 3.00. The van der Waals surface area contributed by atoms with Gasteiger partial charge in [-0.15, -0.1) is 5.10 Å². The molecule has 1 aliphatic heterocycles. The molecule has 3 N–H and O–H groups in total. The third-order valence-electron chi connectivity index (χ3n) is 4.60. The number of nitrogens with zero attached hydrogens (tertiary/aromatic N) is 2. The Morgan fingerprint density at radius 2 is 1.93 bits per heavy atom. The summed E-state index contributed by atoms with van der Waals surface area (Å²) in [4.78, 5) is 0. The van der Waals surface area contributed by atoms with E-state index < -0.39 is 5.92 Å². The zero-order valence-corrected chi connectivity index (χ0v) is 14.8. The van der Waals surface area contributed by atoms with Gasteiger partial charge in [-0.05, 0) is 18.6 Å². The van der Waals surface area contributed by atoms with Gasteiger partial charge in [-0.2, -0.15) is 5.26 Å². The largest absolute Gasteiger partial charge is 0.489 e. The van der Waals surface area contributed by atoms with Gasteiger partial charge in [0, 0.05) is 16.8 Å². The normalized spacial score (nSPS) is 15.6. The number of nitrogens with one attached hydrogen (secondary N) is 1. The van der Waals surface area contributed by atoms with Crippen LogP contribution >= 0.6 is 0 Å². The first kappa shape index (κ1) is 16.7. The molecule has 0 saturated carbocycles. The molecular formula is C21H18N4O2. The van der Waals surface area contributed by atoms with Crippen molar-refractivity contribution in [1.29, 1.82) is 5.26 Å². The van der Waals surface area contributed by atoms with E-state index in [1.807, 2.05) is 61.5 Å². The number of hydrogen-bond acceptors (Lipinski definition) is 5. The van der Waals surface area contributed by atoms with E-state index in [1.54, 1.807) is 0 Å². The fourth-order valence-corrected chi connectivity index (χ4v) is 3.30. The minimum absolute atomic E-state index is 0.0689. The highest BCUT2D eigenvalue weighted by molar-refractivity contribution is 5.57. The van der Waals surface area contributed by atoms with Crippen LogP contribution in [0, 0.1) is 18.3 Å². The monoisotopic (exact) mass is 358 g/mol. The Hall–Kier alpha value is -3.72. The van der Waals surface area contributed by atoms with Crippen LogP contribution in [0.2, 0.25) is 0 Å². The molecule has 3 aromatic rings. The van der Waals surface area contributed by atoms with Crippen LogP contribution in [0.1, 0.15) is 28.3 Å². The number of nitrogens with two attached hydrogens (primary N) is 1. The van der Waals surface area contributed by atoms with Crippen LogP contribution in [0.3, 0.4) is 0 Å². The van der Waals surface area contributed by atoms with Gasteiger partial charge in [0.05, 0.1) is 5.92 Å². The summed E-state index contributed by atoms with van der Waals surface area (Å²) >= 11 is 0. The van der Waals surface area contributed by atoms with E-state index in [2.05, 4.69) is 16.3 Å². The van der Waals surface area contributed by atoms with E-state index in [1.165, 1.54) is 0 Å². The van der Waals surface area contributed by atoms with Gasteiger partial charge in [0.2, 0.25) is 11.8 Å². The van der Waals surface area contributed by atoms with Crippen molar-refractivity contribution in [3.63, 3.8) is 0 Å². The SMILES string of the molecule is Cc1[nH]nc2c1[C@@H](c1ccccc1OCc1ccccc1)C(C#N)=C(N)O2. The number of H-pyrrole nitrogens is 1. The van der Waals surface area contributed by atoms with Crippen LogP contribution in [-0.4, -0.2) is 10.2 Å². The Morgan fingerprint density at radius 3 is 2.70 bits per heavy atom. The summed E-state index contributed by atoms with van der Waals surface area (Å²) in [6.07, 6.45) is 0. The lowest BCUT2D eigenvalue weighted by atomic mass is 9.83. The van der Waals surface area contributed by atoms with Crippen molar-refractivity contribution >= 4 is 0 Å². The molecule has 0 aliphatic carbocycles. The summed E-state index contributed by atoms with van der Waals surface area (Å²) in [6.45, 7) is 2.32. The maximum Gasteiger partial charge on any atom is 0.244 e. The maximum atomic E-state index is 9.71. The summed E-state index contributed by atoms with van der Waals surface area (Å²) in [5, 5.41) is 16.8. The van der Waals surface area contributed by atoms with Crippen molar-refractivity contribution in [2.45, 2.75) is 19.4 Å². The molecule has 0 amide bonds. The average Bonchev–Trinajstić information content (AvgIpc) is 3.06. The van der Waals surface area contributed by atoms with Gasteiger partial charge < -0.3 is 15.2 Å². The van der Waals surface area contributed by atoms with Crippen molar-refractivity contribution in [2.24, 2.45) is 5.73 Å². The zero-order chi connectivity index (χ0) is 18.8. The number of para-hydroxylation sites is 1. The molecule has 0 fully saturated rings. The molecule has 134 valence electrons. The van der Waals surface area contributed by atoms with Crippen LogP contribution in [0.4, 0.5) is 0 Å². The molecule has 1 aromatic heterocycles. The molecule has 2 aromatic carbocycles. The van der Waals surface area contributed by atoms with Gasteiger partial charge in [0.25, 0.3) is 0 Å². The van der Waals surface area contributed by atoms with Gasteiger partial charge in [0.15, 0.2) is 0 Å². The highest BCUT2D eigenvalue weighted by Crippen LogP contribution is 2.45. The Bertz CT molecular complexity index is 1050. The quantitative estimate of drug-likeness (QED) is 0.744. The van der Waals surface area contributed by atoms with Gasteiger partial charge in [-0.1, -0.05) is 48.5 Å². The van der Waals surface area contributed by atoms with Crippen molar-refractivity contribution in [2.75, 3.05) is 0 Å². The van der Waals surface area contributed by atoms with E-state index in [0.29, 0.717) is 23.8 Å². The Kier molecular flexibility index (Phi) is 4.27. The number of fused-ring (bicyclic) bond motifs is 1. The molecule has 0 bridgehead atoms. The second-order valence-corrected chi connectivity index (χ2v) is 6.30. The molecule has 27 heavy (non-hydrogen) atoms. The summed E-state index contributed by atoms with van der Waals surface area (Å²) in [7, 11) is 0. The van der Waals surface area contributed by atoms with Gasteiger partial charge in [-0.3, -0.25) is 5.10 Å². The molecule has 1 aliphatic rings. The van der Waals surface area contributed by atoms with E-state index in [9.17, 15) is 5.26 Å². The van der Waals surface area contributed by atoms with E-state index in [-0.39, 0.29) is 5.88 Å². The fourth-order valence-electron chi connectivity index (χ4n) is 3.30. The average molecular weight is 358 g/mol. The molecule has 1 atom stereocenters. The minimum Gasteiger partial charge on any atom is -0.489 e. The van der Waals surface area contributed by atoms with Gasteiger partial charge >= 0.3 is 0 Å². The first-order valence-corrected chi connectivity index (χ1v) is 8.57. The first-order valence-electron chi connectivity index (χ1n) is 8.57. The van der Waals surface area contributed by atoms with Crippen LogP contribution in [-0.2, 0) is 6.61 Å². The number of rotatable bonds is 4. The van der Waals surface area contributed by atoms with E-state index >= 15 is 0 Å². The summed E-state index contributed by atoms with van der Waals surface area (Å²) in [5.41, 5.74) is 9.89. The maximum absolute atomic E-state index is 9.71. The van der Waals surface area contributed by atoms with E-state index in [4.69, 9.17) is 15.2 Å². The number of aromatic amines is 1. The lowest BCUT2D eigenvalue weighted by Gasteiger charge is -2.25. The molecule has 4 rings (SSSR count). The Balaban J connectivity index is 1.77. The lowest BCUT2D eigenvalue weighted by molar-refractivity contribution is 0.301. The van der Waals surface area contributed by atoms with Crippen molar-refractivity contribution < 1.29 is 9.47 Å². The molecule has 0 unspecified atom stereocenters. The number of ether oxygens (including phenoxy) is 2. The highest BCUT2D eigenvalue weighted by atomic mass is 16.5. The van der Waals surface area contributed by atoms with Crippen LogP contribution in [0.15, 0.2) is 66.1 Å². The predicted octanol–water partition coefficient (Wildman–Crippen LogP) is 3.52. The Morgan fingerprint density at radius 1 is 1.19 bits per heavy atom. The molecule has 2 heterocycles. The van der Waals surface area contributed by atoms with Crippen molar-refractivity contribution in [1.82, 2.24) is 10.2 Å². The second-order valence-electron chi connectivity index (χ2n) is 6.30. The number of nitriles is 1. The highest BCUT2D eigenvalue weighted by Gasteiger charge is 2.35. The van der Waals surface area contributed by atoms with E-state index in [0.717, 1.165) is 22.4 Å². The molecular weight excluding hydrogens is 340 g/mol. The van der Waals surface area contributed by atoms with Crippen molar-refractivity contribution in [3.05, 3.63) is 88.4 Å². The predicted molar refractivity (Wildman–Crippen MR) is 99.8 cm³/mol. The molecule has 0 radical (unpaired) electrons. The topological polar surface area (TPSA) is 97.0 Å². The molecule has 6 heteroatoms. The van der Waals surface area contributed by atoms with Crippen LogP contribution in [0.25, 0.3) is 0 Å². The lowest BCUT2D eigenvalue weighted by Crippen LogP contribution is -2.21. The molecule has 0 saturated heterocycles. The molecule has 0 spiro atoms. The summed E-state index contributed by atoms with van der Waals surface area (Å²) in [6, 6.07) is 19.8. The molecule has 6 nitrogen and oxygen atoms in total. The number of aromatic nitrogens is 2. The van der Waals surface area contributed by atoms with Crippen LogP contribution < -0.4 is 15.2 Å². The number of aryl methyl sites for hydroxylation is 1. The Labute approximate surface area is 156 Å². The van der Waals surface area contributed by atoms with Crippen molar-refractivity contribution in [3.8, 4) is 17.7 Å². The van der Waals surface area contributed by atoms with Gasteiger partial charge in [-0.25, -0.2) is 0 Å². The first-order chi connectivity index (χ1) is 13.2.